The zero-order valence-electron chi connectivity index (χ0n) is 15.4. The molecule has 0 spiro atoms. The van der Waals surface area contributed by atoms with Gasteiger partial charge in [-0.2, -0.15) is 10.2 Å². The predicted octanol–water partition coefficient (Wildman–Crippen LogP) is 4.06. The van der Waals surface area contributed by atoms with E-state index in [0.29, 0.717) is 11.5 Å². The SMILES string of the molecule is COc1cccc(CCNc2cc(C)nc(Nc3cccc(C#N)c3)n2)c1. The fourth-order valence-electron chi connectivity index (χ4n) is 2.67. The van der Waals surface area contributed by atoms with E-state index in [2.05, 4.69) is 32.7 Å². The van der Waals surface area contributed by atoms with Gasteiger partial charge in [-0.15, -0.1) is 0 Å². The second-order valence-corrected chi connectivity index (χ2v) is 6.06. The maximum atomic E-state index is 9.01. The van der Waals surface area contributed by atoms with Gasteiger partial charge in [0, 0.05) is 24.0 Å². The highest BCUT2D eigenvalue weighted by atomic mass is 16.5. The van der Waals surface area contributed by atoms with Crippen molar-refractivity contribution in [1.82, 2.24) is 9.97 Å². The van der Waals surface area contributed by atoms with Crippen molar-refractivity contribution in [3.8, 4) is 11.8 Å². The van der Waals surface area contributed by atoms with Crippen molar-refractivity contribution in [3.63, 3.8) is 0 Å². The molecule has 3 rings (SSSR count). The highest BCUT2D eigenvalue weighted by Gasteiger charge is 2.04. The Hall–Kier alpha value is -3.59. The fraction of sp³-hybridized carbons (Fsp3) is 0.190. The first-order chi connectivity index (χ1) is 13.2. The van der Waals surface area contributed by atoms with Crippen molar-refractivity contribution < 1.29 is 4.74 Å². The quantitative estimate of drug-likeness (QED) is 0.662. The van der Waals surface area contributed by atoms with E-state index in [1.165, 1.54) is 5.56 Å². The lowest BCUT2D eigenvalue weighted by Gasteiger charge is -2.10. The van der Waals surface area contributed by atoms with E-state index < -0.39 is 0 Å². The molecule has 0 saturated carbocycles. The van der Waals surface area contributed by atoms with Gasteiger partial charge in [0.25, 0.3) is 0 Å². The van der Waals surface area contributed by atoms with Crippen LogP contribution in [0.25, 0.3) is 0 Å². The number of nitrogens with one attached hydrogen (secondary N) is 2. The highest BCUT2D eigenvalue weighted by Crippen LogP contribution is 2.17. The Balaban J connectivity index is 1.65. The van der Waals surface area contributed by atoms with Crippen molar-refractivity contribution in [1.29, 1.82) is 5.26 Å². The third kappa shape index (κ3) is 5.19. The minimum atomic E-state index is 0.494. The molecule has 3 aromatic rings. The molecule has 0 bridgehead atoms. The van der Waals surface area contributed by atoms with Crippen LogP contribution in [0.15, 0.2) is 54.6 Å². The molecule has 1 heterocycles. The molecule has 1 aromatic heterocycles. The minimum Gasteiger partial charge on any atom is -0.497 e. The number of nitriles is 1. The third-order valence-electron chi connectivity index (χ3n) is 3.96. The molecule has 0 radical (unpaired) electrons. The van der Waals surface area contributed by atoms with E-state index in [-0.39, 0.29) is 0 Å². The molecule has 2 N–H and O–H groups in total. The van der Waals surface area contributed by atoms with Crippen molar-refractivity contribution in [2.75, 3.05) is 24.3 Å². The Morgan fingerprint density at radius 1 is 1.07 bits per heavy atom. The van der Waals surface area contributed by atoms with Gasteiger partial charge >= 0.3 is 0 Å². The van der Waals surface area contributed by atoms with Crippen LogP contribution < -0.4 is 15.4 Å². The number of aryl methyl sites for hydroxylation is 1. The largest absolute Gasteiger partial charge is 0.497 e. The number of rotatable bonds is 7. The molecule has 0 saturated heterocycles. The van der Waals surface area contributed by atoms with Crippen molar-refractivity contribution in [2.45, 2.75) is 13.3 Å². The van der Waals surface area contributed by atoms with Crippen LogP contribution in [0.3, 0.4) is 0 Å². The summed E-state index contributed by atoms with van der Waals surface area (Å²) in [5, 5.41) is 15.5. The molecular weight excluding hydrogens is 338 g/mol. The highest BCUT2D eigenvalue weighted by molar-refractivity contribution is 5.57. The summed E-state index contributed by atoms with van der Waals surface area (Å²) in [6, 6.07) is 19.3. The zero-order chi connectivity index (χ0) is 19.1. The van der Waals surface area contributed by atoms with Crippen LogP contribution in [-0.4, -0.2) is 23.6 Å². The molecule has 0 amide bonds. The molecule has 6 heteroatoms. The first-order valence-corrected chi connectivity index (χ1v) is 8.66. The van der Waals surface area contributed by atoms with E-state index >= 15 is 0 Å². The first-order valence-electron chi connectivity index (χ1n) is 8.66. The van der Waals surface area contributed by atoms with Crippen LogP contribution in [0.5, 0.6) is 5.75 Å². The summed E-state index contributed by atoms with van der Waals surface area (Å²) in [7, 11) is 1.67. The maximum absolute atomic E-state index is 9.01. The Labute approximate surface area is 158 Å². The average molecular weight is 359 g/mol. The van der Waals surface area contributed by atoms with Gasteiger partial charge in [0.05, 0.1) is 18.7 Å². The van der Waals surface area contributed by atoms with Crippen LogP contribution in [-0.2, 0) is 6.42 Å². The van der Waals surface area contributed by atoms with E-state index in [9.17, 15) is 0 Å². The zero-order valence-corrected chi connectivity index (χ0v) is 15.4. The normalized spacial score (nSPS) is 10.1. The Morgan fingerprint density at radius 2 is 1.93 bits per heavy atom. The number of hydrogen-bond donors (Lipinski definition) is 2. The number of benzene rings is 2. The summed E-state index contributed by atoms with van der Waals surface area (Å²) in [5.74, 6) is 2.11. The van der Waals surface area contributed by atoms with Gasteiger partial charge in [-0.3, -0.25) is 0 Å². The smallest absolute Gasteiger partial charge is 0.229 e. The number of anilines is 3. The summed E-state index contributed by atoms with van der Waals surface area (Å²) >= 11 is 0. The summed E-state index contributed by atoms with van der Waals surface area (Å²) < 4.78 is 5.25. The Bertz CT molecular complexity index is 965. The van der Waals surface area contributed by atoms with Crippen molar-refractivity contribution in [2.24, 2.45) is 0 Å². The number of aromatic nitrogens is 2. The summed E-state index contributed by atoms with van der Waals surface area (Å²) in [6.07, 6.45) is 0.854. The topological polar surface area (TPSA) is 82.9 Å². The standard InChI is InChI=1S/C21H21N5O/c1-15-11-20(23-10-9-16-5-4-8-19(13-16)27-2)26-21(24-15)25-18-7-3-6-17(12-18)14-22/h3-8,11-13H,9-10H2,1-2H3,(H2,23,24,25,26). The molecule has 2 aromatic carbocycles. The summed E-state index contributed by atoms with van der Waals surface area (Å²) in [5.41, 5.74) is 3.42. The predicted molar refractivity (Wildman–Crippen MR) is 106 cm³/mol. The molecule has 136 valence electrons. The number of methoxy groups -OCH3 is 1. The van der Waals surface area contributed by atoms with Gasteiger partial charge in [-0.05, 0) is 49.2 Å². The maximum Gasteiger partial charge on any atom is 0.229 e. The van der Waals surface area contributed by atoms with Crippen molar-refractivity contribution >= 4 is 17.5 Å². The molecule has 0 atom stereocenters. The monoisotopic (exact) mass is 359 g/mol. The second kappa shape index (κ2) is 8.68. The molecule has 0 aliphatic heterocycles. The summed E-state index contributed by atoms with van der Waals surface area (Å²) in [6.45, 7) is 2.67. The van der Waals surface area contributed by atoms with Gasteiger partial charge in [-0.25, -0.2) is 4.98 Å². The lowest BCUT2D eigenvalue weighted by atomic mass is 10.1. The number of ether oxygens (including phenoxy) is 1. The second-order valence-electron chi connectivity index (χ2n) is 6.06. The molecule has 27 heavy (non-hydrogen) atoms. The fourth-order valence-corrected chi connectivity index (χ4v) is 2.67. The van der Waals surface area contributed by atoms with E-state index in [1.54, 1.807) is 19.2 Å². The molecule has 0 aliphatic rings. The van der Waals surface area contributed by atoms with E-state index in [4.69, 9.17) is 10.00 Å². The van der Waals surface area contributed by atoms with Gasteiger partial charge in [0.1, 0.15) is 11.6 Å². The molecule has 0 aliphatic carbocycles. The van der Waals surface area contributed by atoms with Crippen LogP contribution in [0.4, 0.5) is 17.5 Å². The van der Waals surface area contributed by atoms with Crippen LogP contribution in [0.1, 0.15) is 16.8 Å². The van der Waals surface area contributed by atoms with E-state index in [1.807, 2.05) is 43.3 Å². The average Bonchev–Trinajstić information content (AvgIpc) is 2.68. The van der Waals surface area contributed by atoms with Gasteiger partial charge in [0.2, 0.25) is 5.95 Å². The lowest BCUT2D eigenvalue weighted by Crippen LogP contribution is -2.08. The minimum absolute atomic E-state index is 0.494. The Kier molecular flexibility index (Phi) is 5.85. The number of hydrogen-bond acceptors (Lipinski definition) is 6. The first kappa shape index (κ1) is 18.2. The van der Waals surface area contributed by atoms with Gasteiger partial charge < -0.3 is 15.4 Å². The summed E-state index contributed by atoms with van der Waals surface area (Å²) in [4.78, 5) is 8.92. The van der Waals surface area contributed by atoms with Gasteiger partial charge in [-0.1, -0.05) is 18.2 Å². The molecule has 0 fully saturated rings. The van der Waals surface area contributed by atoms with Crippen LogP contribution >= 0.6 is 0 Å². The van der Waals surface area contributed by atoms with Crippen LogP contribution in [0, 0.1) is 18.3 Å². The number of nitrogens with zero attached hydrogens (tertiary/aromatic N) is 3. The molecule has 0 unspecified atom stereocenters. The molecule has 6 nitrogen and oxygen atoms in total. The van der Waals surface area contributed by atoms with Crippen molar-refractivity contribution in [3.05, 3.63) is 71.4 Å². The van der Waals surface area contributed by atoms with Crippen LogP contribution in [0.2, 0.25) is 0 Å². The lowest BCUT2D eigenvalue weighted by molar-refractivity contribution is 0.414. The Morgan fingerprint density at radius 3 is 2.74 bits per heavy atom. The van der Waals surface area contributed by atoms with E-state index in [0.717, 1.165) is 35.9 Å². The third-order valence-corrected chi connectivity index (χ3v) is 3.96. The molecular formula is C21H21N5O. The van der Waals surface area contributed by atoms with Gasteiger partial charge in [0.15, 0.2) is 0 Å².